The van der Waals surface area contributed by atoms with Crippen molar-refractivity contribution in [1.29, 1.82) is 0 Å². The van der Waals surface area contributed by atoms with Gasteiger partial charge in [0.05, 0.1) is 31.3 Å². The molecule has 2 amide bonds. The van der Waals surface area contributed by atoms with Crippen LogP contribution in [0.2, 0.25) is 0 Å². The maximum absolute atomic E-state index is 12.7. The zero-order chi connectivity index (χ0) is 23.0. The van der Waals surface area contributed by atoms with E-state index in [1.54, 1.807) is 24.3 Å². The SMILES string of the molecule is CC(C)C[C@H](CNC(=O)NCc1ccc(S(=O)(=O)N2CCOCC2)cc1)N1CCOCC1. The standard InChI is InChI=1S/C22H36N4O5S/c1-18(2)15-20(25-7-11-30-12-8-25)17-24-22(27)23-16-19-3-5-21(6-4-19)32(28,29)26-9-13-31-14-10-26/h3-6,18,20H,7-17H2,1-2H3,(H2,23,24,27)/t20-/m1/s1. The van der Waals surface area contributed by atoms with Gasteiger partial charge in [-0.3, -0.25) is 4.90 Å². The van der Waals surface area contributed by atoms with Crippen molar-refractivity contribution < 1.29 is 22.7 Å². The Bertz CT molecular complexity index is 819. The third-order valence-electron chi connectivity index (χ3n) is 5.79. The number of urea groups is 1. The maximum atomic E-state index is 12.7. The molecule has 2 fully saturated rings. The van der Waals surface area contributed by atoms with Crippen LogP contribution >= 0.6 is 0 Å². The fourth-order valence-corrected chi connectivity index (χ4v) is 5.43. The van der Waals surface area contributed by atoms with Crippen LogP contribution in [0.1, 0.15) is 25.8 Å². The van der Waals surface area contributed by atoms with Gasteiger partial charge in [-0.05, 0) is 30.0 Å². The van der Waals surface area contributed by atoms with Crippen molar-refractivity contribution in [2.45, 2.75) is 37.8 Å². The van der Waals surface area contributed by atoms with Crippen LogP contribution in [0.15, 0.2) is 29.2 Å². The fraction of sp³-hybridized carbons (Fsp3) is 0.682. The van der Waals surface area contributed by atoms with Crippen molar-refractivity contribution in [3.05, 3.63) is 29.8 Å². The highest BCUT2D eigenvalue weighted by molar-refractivity contribution is 7.89. The number of nitrogens with zero attached hydrogens (tertiary/aromatic N) is 2. The Morgan fingerprint density at radius 3 is 2.16 bits per heavy atom. The van der Waals surface area contributed by atoms with E-state index in [2.05, 4.69) is 29.4 Å². The highest BCUT2D eigenvalue weighted by atomic mass is 32.2. The molecular formula is C22H36N4O5S. The predicted octanol–water partition coefficient (Wildman–Crippen LogP) is 1.25. The lowest BCUT2D eigenvalue weighted by atomic mass is 10.0. The van der Waals surface area contributed by atoms with E-state index < -0.39 is 10.0 Å². The Morgan fingerprint density at radius 1 is 0.969 bits per heavy atom. The predicted molar refractivity (Wildman–Crippen MR) is 122 cm³/mol. The minimum Gasteiger partial charge on any atom is -0.379 e. The third kappa shape index (κ3) is 7.14. The second-order valence-electron chi connectivity index (χ2n) is 8.66. The molecule has 2 saturated heterocycles. The molecule has 9 nitrogen and oxygen atoms in total. The first-order chi connectivity index (χ1) is 15.4. The molecule has 180 valence electrons. The summed E-state index contributed by atoms with van der Waals surface area (Å²) in [6.07, 6.45) is 1.01. The summed E-state index contributed by atoms with van der Waals surface area (Å²) in [6.45, 7) is 10.1. The number of nitrogens with one attached hydrogen (secondary N) is 2. The number of hydrogen-bond acceptors (Lipinski definition) is 6. The number of morpholine rings is 2. The van der Waals surface area contributed by atoms with E-state index in [9.17, 15) is 13.2 Å². The minimum absolute atomic E-state index is 0.225. The van der Waals surface area contributed by atoms with Gasteiger partial charge in [-0.2, -0.15) is 4.31 Å². The van der Waals surface area contributed by atoms with Crippen molar-refractivity contribution in [2.75, 3.05) is 59.2 Å². The lowest BCUT2D eigenvalue weighted by Gasteiger charge is -2.35. The summed E-state index contributed by atoms with van der Waals surface area (Å²) in [5, 5.41) is 5.85. The summed E-state index contributed by atoms with van der Waals surface area (Å²) in [7, 11) is -3.51. The van der Waals surface area contributed by atoms with Crippen molar-refractivity contribution in [2.24, 2.45) is 5.92 Å². The first kappa shape index (κ1) is 24.9. The van der Waals surface area contributed by atoms with Gasteiger partial charge in [0.15, 0.2) is 0 Å². The molecule has 1 atom stereocenters. The Morgan fingerprint density at radius 2 is 1.56 bits per heavy atom. The van der Waals surface area contributed by atoms with E-state index in [-0.39, 0.29) is 17.0 Å². The molecule has 0 bridgehead atoms. The van der Waals surface area contributed by atoms with Crippen molar-refractivity contribution >= 4 is 16.1 Å². The van der Waals surface area contributed by atoms with E-state index in [0.717, 1.165) is 38.3 Å². The van der Waals surface area contributed by atoms with E-state index in [1.165, 1.54) is 4.31 Å². The summed E-state index contributed by atoms with van der Waals surface area (Å²) in [5.41, 5.74) is 0.841. The van der Waals surface area contributed by atoms with Crippen LogP contribution in [0.4, 0.5) is 4.79 Å². The summed E-state index contributed by atoms with van der Waals surface area (Å²) in [4.78, 5) is 15.0. The number of carbonyl (C=O) groups is 1. The highest BCUT2D eigenvalue weighted by Crippen LogP contribution is 2.18. The molecule has 0 aromatic heterocycles. The number of sulfonamides is 1. The molecule has 1 aromatic rings. The monoisotopic (exact) mass is 468 g/mol. The number of benzene rings is 1. The topological polar surface area (TPSA) is 100 Å². The molecule has 2 aliphatic heterocycles. The zero-order valence-corrected chi connectivity index (χ0v) is 19.9. The lowest BCUT2D eigenvalue weighted by Crippen LogP contribution is -2.50. The molecule has 2 heterocycles. The second kappa shape index (κ2) is 11.9. The molecule has 0 aliphatic carbocycles. The normalized spacial score (nSPS) is 19.6. The molecule has 32 heavy (non-hydrogen) atoms. The molecule has 2 aliphatic rings. The molecule has 2 N–H and O–H groups in total. The van der Waals surface area contributed by atoms with Crippen LogP contribution in [-0.4, -0.2) is 88.8 Å². The summed E-state index contributed by atoms with van der Waals surface area (Å²) < 4.78 is 37.5. The Balaban J connectivity index is 1.47. The van der Waals surface area contributed by atoms with Gasteiger partial charge >= 0.3 is 6.03 Å². The van der Waals surface area contributed by atoms with E-state index in [0.29, 0.717) is 45.3 Å². The zero-order valence-electron chi connectivity index (χ0n) is 19.1. The van der Waals surface area contributed by atoms with E-state index in [1.807, 2.05) is 0 Å². The van der Waals surface area contributed by atoms with Crippen molar-refractivity contribution in [3.63, 3.8) is 0 Å². The number of carbonyl (C=O) groups excluding carboxylic acids is 1. The number of rotatable bonds is 9. The number of hydrogen-bond donors (Lipinski definition) is 2. The molecule has 0 radical (unpaired) electrons. The van der Waals surface area contributed by atoms with Crippen LogP contribution in [0.5, 0.6) is 0 Å². The van der Waals surface area contributed by atoms with Gasteiger partial charge in [0, 0.05) is 45.3 Å². The van der Waals surface area contributed by atoms with Gasteiger partial charge in [0.1, 0.15) is 0 Å². The molecule has 1 aromatic carbocycles. The van der Waals surface area contributed by atoms with Gasteiger partial charge in [-0.25, -0.2) is 13.2 Å². The average molecular weight is 469 g/mol. The van der Waals surface area contributed by atoms with Gasteiger partial charge in [-0.15, -0.1) is 0 Å². The van der Waals surface area contributed by atoms with Crippen LogP contribution in [0.25, 0.3) is 0 Å². The van der Waals surface area contributed by atoms with Crippen molar-refractivity contribution in [1.82, 2.24) is 19.8 Å². The van der Waals surface area contributed by atoms with Gasteiger partial charge in [0.25, 0.3) is 0 Å². The van der Waals surface area contributed by atoms with E-state index in [4.69, 9.17) is 9.47 Å². The Hall–Kier alpha value is -1.72. The minimum atomic E-state index is -3.51. The highest BCUT2D eigenvalue weighted by Gasteiger charge is 2.26. The van der Waals surface area contributed by atoms with Crippen molar-refractivity contribution in [3.8, 4) is 0 Å². The maximum Gasteiger partial charge on any atom is 0.315 e. The largest absolute Gasteiger partial charge is 0.379 e. The number of ether oxygens (including phenoxy) is 2. The third-order valence-corrected chi connectivity index (χ3v) is 7.70. The molecule has 10 heteroatoms. The molecule has 0 spiro atoms. The first-order valence-corrected chi connectivity index (χ1v) is 12.8. The Kier molecular flexibility index (Phi) is 9.30. The van der Waals surface area contributed by atoms with Gasteiger partial charge < -0.3 is 20.1 Å². The van der Waals surface area contributed by atoms with Crippen LogP contribution < -0.4 is 10.6 Å². The van der Waals surface area contributed by atoms with Crippen LogP contribution in [0, 0.1) is 5.92 Å². The van der Waals surface area contributed by atoms with Gasteiger partial charge in [0.2, 0.25) is 10.0 Å². The van der Waals surface area contributed by atoms with Gasteiger partial charge in [-0.1, -0.05) is 26.0 Å². The molecule has 0 saturated carbocycles. The second-order valence-corrected chi connectivity index (χ2v) is 10.6. The van der Waals surface area contributed by atoms with Crippen LogP contribution in [-0.2, 0) is 26.0 Å². The Labute approximate surface area is 191 Å². The number of amides is 2. The smallest absolute Gasteiger partial charge is 0.315 e. The summed E-state index contributed by atoms with van der Waals surface area (Å²) in [5.74, 6) is 0.542. The van der Waals surface area contributed by atoms with Crippen LogP contribution in [0.3, 0.4) is 0 Å². The molecular weight excluding hydrogens is 432 g/mol. The average Bonchev–Trinajstić information content (AvgIpc) is 2.81. The summed E-state index contributed by atoms with van der Waals surface area (Å²) >= 11 is 0. The first-order valence-electron chi connectivity index (χ1n) is 11.4. The summed E-state index contributed by atoms with van der Waals surface area (Å²) in [6, 6.07) is 6.73. The molecule has 3 rings (SSSR count). The molecule has 0 unspecified atom stereocenters. The lowest BCUT2D eigenvalue weighted by molar-refractivity contribution is 0.0129. The van der Waals surface area contributed by atoms with E-state index >= 15 is 0 Å². The quantitative estimate of drug-likeness (QED) is 0.566. The fourth-order valence-electron chi connectivity index (χ4n) is 4.02.